The van der Waals surface area contributed by atoms with Gasteiger partial charge in [-0.2, -0.15) is 5.26 Å². The molecule has 4 rings (SSSR count). The van der Waals surface area contributed by atoms with Crippen molar-refractivity contribution in [2.45, 2.75) is 12.8 Å². The third-order valence-corrected chi connectivity index (χ3v) is 7.58. The number of carbonyl (C=O) groups is 2. The van der Waals surface area contributed by atoms with E-state index >= 15 is 0 Å². The molecule has 1 aliphatic heterocycles. The summed E-state index contributed by atoms with van der Waals surface area (Å²) in [6, 6.07) is 22.2. The fraction of sp³-hybridized carbons (Fsp3) is 0.154. The molecule has 3 aromatic rings. The Morgan fingerprint density at radius 1 is 1.06 bits per heavy atom. The lowest BCUT2D eigenvalue weighted by Gasteiger charge is -2.29. The molecule has 0 saturated carbocycles. The molecule has 35 heavy (non-hydrogen) atoms. The maximum atomic E-state index is 13.3. The first kappa shape index (κ1) is 24.7. The van der Waals surface area contributed by atoms with Gasteiger partial charge in [0.2, 0.25) is 5.91 Å². The number of hydrogen-bond acceptors (Lipinski definition) is 6. The van der Waals surface area contributed by atoms with Gasteiger partial charge >= 0.3 is 0 Å². The molecule has 1 aliphatic rings. The Morgan fingerprint density at radius 2 is 1.77 bits per heavy atom. The number of benzene rings is 2. The summed E-state index contributed by atoms with van der Waals surface area (Å²) in [5.41, 5.74) is 2.29. The second kappa shape index (κ2) is 11.4. The molecule has 0 saturated heterocycles. The molecule has 176 valence electrons. The maximum absolute atomic E-state index is 13.3. The highest BCUT2D eigenvalue weighted by atomic mass is 35.5. The van der Waals surface area contributed by atoms with Crippen LogP contribution in [0.3, 0.4) is 0 Å². The van der Waals surface area contributed by atoms with E-state index in [1.165, 1.54) is 23.1 Å². The van der Waals surface area contributed by atoms with Gasteiger partial charge in [0.05, 0.1) is 16.9 Å². The topological polar surface area (TPSA) is 94.4 Å². The molecular weight excluding hydrogens is 500 g/mol. The van der Waals surface area contributed by atoms with Gasteiger partial charge in [-0.3, -0.25) is 9.59 Å². The number of rotatable bonds is 6. The van der Waals surface area contributed by atoms with E-state index in [1.54, 1.807) is 31.2 Å². The number of nitrogens with one attached hydrogen (secondary N) is 2. The van der Waals surface area contributed by atoms with Crippen LogP contribution in [0.15, 0.2) is 88.4 Å². The Balaban J connectivity index is 1.58. The van der Waals surface area contributed by atoms with Crippen molar-refractivity contribution in [3.63, 3.8) is 0 Å². The van der Waals surface area contributed by atoms with Gasteiger partial charge in [-0.15, -0.1) is 11.3 Å². The SMILES string of the molecule is CC1=C(C(=O)Nc2ccccc2)C(c2cccs2)C(C#N)C(SCC(=O)Nc2ccc(Cl)cc2)=N1. The number of allylic oxidation sites excluding steroid dienone is 1. The molecule has 2 amide bonds. The minimum Gasteiger partial charge on any atom is -0.325 e. The fourth-order valence-corrected chi connectivity index (χ4v) is 5.67. The number of thioether (sulfide) groups is 1. The van der Waals surface area contributed by atoms with Gasteiger partial charge in [0.15, 0.2) is 0 Å². The van der Waals surface area contributed by atoms with Crippen molar-refractivity contribution in [2.75, 3.05) is 16.4 Å². The number of para-hydroxylation sites is 1. The van der Waals surface area contributed by atoms with Crippen LogP contribution in [0.5, 0.6) is 0 Å². The number of nitriles is 1. The Bertz CT molecular complexity index is 1310. The Hall–Kier alpha value is -3.38. The van der Waals surface area contributed by atoms with Crippen LogP contribution < -0.4 is 10.6 Å². The van der Waals surface area contributed by atoms with Crippen LogP contribution in [0.2, 0.25) is 5.02 Å². The number of carbonyl (C=O) groups excluding carboxylic acids is 2. The van der Waals surface area contributed by atoms with Crippen LogP contribution in [-0.4, -0.2) is 22.6 Å². The monoisotopic (exact) mass is 520 g/mol. The fourth-order valence-electron chi connectivity index (χ4n) is 3.75. The molecule has 2 heterocycles. The summed E-state index contributed by atoms with van der Waals surface area (Å²) in [5, 5.41) is 18.9. The summed E-state index contributed by atoms with van der Waals surface area (Å²) in [6.45, 7) is 1.77. The molecular formula is C26H21ClN4O2S2. The zero-order valence-corrected chi connectivity index (χ0v) is 21.1. The number of halogens is 1. The number of aliphatic imine (C=N–C) groups is 1. The van der Waals surface area contributed by atoms with E-state index < -0.39 is 11.8 Å². The first-order valence-corrected chi connectivity index (χ1v) is 13.0. The maximum Gasteiger partial charge on any atom is 0.254 e. The number of thiophene rings is 1. The molecule has 9 heteroatoms. The van der Waals surface area contributed by atoms with E-state index in [0.29, 0.717) is 32.7 Å². The highest BCUT2D eigenvalue weighted by Gasteiger charge is 2.39. The van der Waals surface area contributed by atoms with E-state index in [4.69, 9.17) is 11.6 Å². The lowest BCUT2D eigenvalue weighted by Crippen LogP contribution is -2.31. The number of amides is 2. The largest absolute Gasteiger partial charge is 0.325 e. The molecule has 0 spiro atoms. The highest BCUT2D eigenvalue weighted by Crippen LogP contribution is 2.43. The van der Waals surface area contributed by atoms with Crippen LogP contribution in [0, 0.1) is 17.2 Å². The third-order valence-electron chi connectivity index (χ3n) is 5.32. The van der Waals surface area contributed by atoms with E-state index in [1.807, 2.05) is 47.8 Å². The number of anilines is 2. The third kappa shape index (κ3) is 6.01. The van der Waals surface area contributed by atoms with Crippen molar-refractivity contribution >= 4 is 62.9 Å². The summed E-state index contributed by atoms with van der Waals surface area (Å²) in [7, 11) is 0. The molecule has 0 fully saturated rings. The van der Waals surface area contributed by atoms with Crippen LogP contribution >= 0.6 is 34.7 Å². The minimum absolute atomic E-state index is 0.0790. The van der Waals surface area contributed by atoms with Gasteiger partial charge in [-0.05, 0) is 54.8 Å². The Morgan fingerprint density at radius 3 is 2.43 bits per heavy atom. The number of nitrogens with zero attached hydrogens (tertiary/aromatic N) is 2. The molecule has 0 aliphatic carbocycles. The van der Waals surface area contributed by atoms with E-state index in [9.17, 15) is 14.9 Å². The molecule has 2 unspecified atom stereocenters. The smallest absolute Gasteiger partial charge is 0.254 e. The molecule has 6 nitrogen and oxygen atoms in total. The van der Waals surface area contributed by atoms with Crippen molar-refractivity contribution in [3.8, 4) is 6.07 Å². The van der Waals surface area contributed by atoms with Crippen molar-refractivity contribution in [1.82, 2.24) is 0 Å². The van der Waals surface area contributed by atoms with Gasteiger partial charge < -0.3 is 10.6 Å². The molecule has 0 bridgehead atoms. The lowest BCUT2D eigenvalue weighted by molar-refractivity contribution is -0.114. The molecule has 2 atom stereocenters. The van der Waals surface area contributed by atoms with Crippen LogP contribution in [0.1, 0.15) is 17.7 Å². The first-order valence-electron chi connectivity index (χ1n) is 10.7. The van der Waals surface area contributed by atoms with Crippen molar-refractivity contribution < 1.29 is 9.59 Å². The van der Waals surface area contributed by atoms with E-state index in [-0.39, 0.29) is 17.6 Å². The average Bonchev–Trinajstić information content (AvgIpc) is 3.39. The summed E-state index contributed by atoms with van der Waals surface area (Å²) in [5.74, 6) is -1.61. The van der Waals surface area contributed by atoms with E-state index in [2.05, 4.69) is 21.7 Å². The first-order chi connectivity index (χ1) is 17.0. The highest BCUT2D eigenvalue weighted by molar-refractivity contribution is 8.14. The van der Waals surface area contributed by atoms with E-state index in [0.717, 1.165) is 4.88 Å². The molecule has 1 aromatic heterocycles. The standard InChI is InChI=1S/C26H21ClN4O2S2/c1-16-23(25(33)31-18-6-3-2-4-7-18)24(21-8-5-13-34-21)20(14-28)26(29-16)35-15-22(32)30-19-11-9-17(27)10-12-19/h2-13,20,24H,15H2,1H3,(H,30,32)(H,31,33). The van der Waals surface area contributed by atoms with Gasteiger partial charge in [0.25, 0.3) is 5.91 Å². The van der Waals surface area contributed by atoms with Crippen molar-refractivity contribution in [3.05, 3.63) is 93.3 Å². The van der Waals surface area contributed by atoms with Crippen molar-refractivity contribution in [1.29, 1.82) is 5.26 Å². The normalized spacial score (nSPS) is 17.3. The van der Waals surface area contributed by atoms with Gasteiger partial charge in [-0.1, -0.05) is 47.6 Å². The molecule has 2 aromatic carbocycles. The second-order valence-corrected chi connectivity index (χ2v) is 10.1. The number of hydrogen-bond donors (Lipinski definition) is 2. The predicted octanol–water partition coefficient (Wildman–Crippen LogP) is 6.32. The predicted molar refractivity (Wildman–Crippen MR) is 144 cm³/mol. The summed E-state index contributed by atoms with van der Waals surface area (Å²) < 4.78 is 0. The van der Waals surface area contributed by atoms with Crippen LogP contribution in [0.25, 0.3) is 0 Å². The molecule has 0 radical (unpaired) electrons. The zero-order valence-electron chi connectivity index (χ0n) is 18.7. The Labute approximate surface area is 216 Å². The van der Waals surface area contributed by atoms with Gasteiger partial charge in [-0.25, -0.2) is 4.99 Å². The van der Waals surface area contributed by atoms with Gasteiger partial charge in [0.1, 0.15) is 5.92 Å². The van der Waals surface area contributed by atoms with Crippen molar-refractivity contribution in [2.24, 2.45) is 10.9 Å². The summed E-state index contributed by atoms with van der Waals surface area (Å²) in [6.07, 6.45) is 0. The second-order valence-electron chi connectivity index (χ2n) is 7.71. The minimum atomic E-state index is -0.692. The summed E-state index contributed by atoms with van der Waals surface area (Å²) in [4.78, 5) is 31.4. The zero-order chi connectivity index (χ0) is 24.8. The lowest BCUT2D eigenvalue weighted by atomic mass is 9.82. The van der Waals surface area contributed by atoms with Crippen LogP contribution in [-0.2, 0) is 9.59 Å². The quantitative estimate of drug-likeness (QED) is 0.397. The molecule has 2 N–H and O–H groups in total. The van der Waals surface area contributed by atoms with Crippen LogP contribution in [0.4, 0.5) is 11.4 Å². The summed E-state index contributed by atoms with van der Waals surface area (Å²) >= 11 is 8.60. The van der Waals surface area contributed by atoms with Gasteiger partial charge in [0, 0.05) is 38.5 Å². The Kier molecular flexibility index (Phi) is 8.03. The average molecular weight is 521 g/mol.